The second-order valence-corrected chi connectivity index (χ2v) is 6.17. The fourth-order valence-corrected chi connectivity index (χ4v) is 2.86. The molecule has 0 amide bonds. The molecule has 3 N–H and O–H groups in total. The topological polar surface area (TPSA) is 63.8 Å². The van der Waals surface area contributed by atoms with E-state index in [1.165, 1.54) is 0 Å². The first-order valence-electron chi connectivity index (χ1n) is 7.71. The maximum absolute atomic E-state index is 6.26. The van der Waals surface area contributed by atoms with Gasteiger partial charge in [-0.1, -0.05) is 30.3 Å². The third kappa shape index (κ3) is 3.55. The molecule has 1 aliphatic rings. The molecule has 0 saturated heterocycles. The highest BCUT2D eigenvalue weighted by atomic mass is 35.5. The summed E-state index contributed by atoms with van der Waals surface area (Å²) in [6.45, 7) is 6.15. The van der Waals surface area contributed by atoms with E-state index in [1.807, 2.05) is 43.3 Å². The summed E-state index contributed by atoms with van der Waals surface area (Å²) in [7, 11) is 0. The molecule has 0 aromatic carbocycles. The second kappa shape index (κ2) is 6.99. The Kier molecular flexibility index (Phi) is 4.79. The number of pyridine rings is 2. The summed E-state index contributed by atoms with van der Waals surface area (Å²) in [5, 5.41) is 3.88. The molecule has 3 rings (SSSR count). The maximum atomic E-state index is 6.26. The van der Waals surface area contributed by atoms with Crippen LogP contribution >= 0.6 is 11.6 Å². The van der Waals surface area contributed by atoms with E-state index >= 15 is 0 Å². The minimum absolute atomic E-state index is 0.110. The largest absolute Gasteiger partial charge is 0.340 e. The van der Waals surface area contributed by atoms with Crippen molar-refractivity contribution in [3.63, 3.8) is 0 Å². The van der Waals surface area contributed by atoms with Crippen molar-refractivity contribution >= 4 is 23.0 Å². The zero-order chi connectivity index (χ0) is 17.1. The Hall–Kier alpha value is -2.43. The molecule has 2 aromatic rings. The van der Waals surface area contributed by atoms with Crippen LogP contribution in [0.4, 0.5) is 5.82 Å². The number of nitrogens with one attached hydrogen (secondary N) is 1. The van der Waals surface area contributed by atoms with Gasteiger partial charge < -0.3 is 11.1 Å². The molecule has 0 saturated carbocycles. The molecule has 1 aliphatic carbocycles. The van der Waals surface area contributed by atoms with Gasteiger partial charge in [0, 0.05) is 24.1 Å². The molecule has 1 unspecified atom stereocenters. The Morgan fingerprint density at radius 3 is 2.79 bits per heavy atom. The molecule has 1 atom stereocenters. The van der Waals surface area contributed by atoms with Crippen molar-refractivity contribution in [3.8, 4) is 0 Å². The summed E-state index contributed by atoms with van der Waals surface area (Å²) in [5.41, 5.74) is 10.7. The zero-order valence-corrected chi connectivity index (χ0v) is 14.2. The van der Waals surface area contributed by atoms with Crippen molar-refractivity contribution in [2.45, 2.75) is 19.4 Å². The normalized spacial score (nSPS) is 17.0. The Morgan fingerprint density at radius 2 is 2.04 bits per heavy atom. The second-order valence-electron chi connectivity index (χ2n) is 5.77. The molecule has 0 bridgehead atoms. The molecule has 5 heteroatoms. The van der Waals surface area contributed by atoms with E-state index in [9.17, 15) is 0 Å². The van der Waals surface area contributed by atoms with Gasteiger partial charge in [0.15, 0.2) is 0 Å². The Morgan fingerprint density at radius 1 is 1.29 bits per heavy atom. The van der Waals surface area contributed by atoms with E-state index in [4.69, 9.17) is 17.3 Å². The number of allylic oxidation sites excluding steroid dienone is 3. The Bertz CT molecular complexity index is 839. The number of halogens is 1. The summed E-state index contributed by atoms with van der Waals surface area (Å²) in [5.74, 6) is 0.795. The monoisotopic (exact) mass is 338 g/mol. The smallest absolute Gasteiger partial charge is 0.133 e. The van der Waals surface area contributed by atoms with Crippen molar-refractivity contribution in [1.29, 1.82) is 0 Å². The van der Waals surface area contributed by atoms with Crippen LogP contribution in [0.1, 0.15) is 17.7 Å². The Balaban J connectivity index is 1.88. The summed E-state index contributed by atoms with van der Waals surface area (Å²) < 4.78 is 0. The van der Waals surface area contributed by atoms with Crippen molar-refractivity contribution in [2.75, 3.05) is 5.32 Å². The maximum Gasteiger partial charge on any atom is 0.133 e. The number of rotatable bonds is 4. The lowest BCUT2D eigenvalue weighted by Crippen LogP contribution is -2.22. The number of nitrogens with two attached hydrogens (primary N) is 1. The predicted octanol–water partition coefficient (Wildman–Crippen LogP) is 4.11. The van der Waals surface area contributed by atoms with Gasteiger partial charge in [-0.05, 0) is 54.3 Å². The van der Waals surface area contributed by atoms with Crippen LogP contribution in [0.15, 0.2) is 66.7 Å². The molecule has 0 spiro atoms. The van der Waals surface area contributed by atoms with Gasteiger partial charge >= 0.3 is 0 Å². The van der Waals surface area contributed by atoms with Crippen LogP contribution in [0.3, 0.4) is 0 Å². The summed E-state index contributed by atoms with van der Waals surface area (Å²) in [4.78, 5) is 8.71. The molecule has 4 nitrogen and oxygen atoms in total. The van der Waals surface area contributed by atoms with E-state index in [0.29, 0.717) is 11.4 Å². The quantitative estimate of drug-likeness (QED) is 0.880. The number of nitrogens with zero attached hydrogens (tertiary/aromatic N) is 2. The van der Waals surface area contributed by atoms with E-state index in [-0.39, 0.29) is 6.04 Å². The molecule has 122 valence electrons. The van der Waals surface area contributed by atoms with Crippen LogP contribution in [0.2, 0.25) is 5.02 Å². The standard InChI is InChI=1S/C19H19ClN4/c1-12-5-3-8-23-19(12)24-13(2)14-9-15(11-16(21)10-14)18-17(20)6-4-7-22-18/h3-9,11,16H,2,10,21H2,1H3,(H,23,24). The van der Waals surface area contributed by atoms with Crippen LogP contribution in [0.5, 0.6) is 0 Å². The average molecular weight is 339 g/mol. The highest BCUT2D eigenvalue weighted by Gasteiger charge is 2.18. The van der Waals surface area contributed by atoms with Gasteiger partial charge in [-0.25, -0.2) is 4.98 Å². The van der Waals surface area contributed by atoms with E-state index in [1.54, 1.807) is 12.4 Å². The molecule has 0 fully saturated rings. The molecule has 2 heterocycles. The van der Waals surface area contributed by atoms with Crippen LogP contribution in [0.25, 0.3) is 5.57 Å². The summed E-state index contributed by atoms with van der Waals surface area (Å²) >= 11 is 6.26. The van der Waals surface area contributed by atoms with Crippen molar-refractivity contribution in [3.05, 3.63) is 82.9 Å². The van der Waals surface area contributed by atoms with Crippen molar-refractivity contribution < 1.29 is 0 Å². The predicted molar refractivity (Wildman–Crippen MR) is 99.6 cm³/mol. The third-order valence-corrected chi connectivity index (χ3v) is 4.18. The van der Waals surface area contributed by atoms with E-state index in [0.717, 1.165) is 33.9 Å². The van der Waals surface area contributed by atoms with Gasteiger partial charge in [0.25, 0.3) is 0 Å². The highest BCUT2D eigenvalue weighted by molar-refractivity contribution is 6.32. The zero-order valence-electron chi connectivity index (χ0n) is 13.5. The van der Waals surface area contributed by atoms with Crippen LogP contribution in [0, 0.1) is 6.92 Å². The molecule has 0 radical (unpaired) electrons. The molecule has 24 heavy (non-hydrogen) atoms. The van der Waals surface area contributed by atoms with Gasteiger partial charge in [0.2, 0.25) is 0 Å². The van der Waals surface area contributed by atoms with Crippen LogP contribution in [-0.4, -0.2) is 16.0 Å². The number of hydrogen-bond donors (Lipinski definition) is 2. The van der Waals surface area contributed by atoms with Crippen LogP contribution < -0.4 is 11.1 Å². The van der Waals surface area contributed by atoms with Crippen molar-refractivity contribution in [2.24, 2.45) is 5.73 Å². The minimum Gasteiger partial charge on any atom is -0.340 e. The number of hydrogen-bond acceptors (Lipinski definition) is 4. The first kappa shape index (κ1) is 16.4. The van der Waals surface area contributed by atoms with Gasteiger partial charge in [-0.2, -0.15) is 0 Å². The van der Waals surface area contributed by atoms with Crippen molar-refractivity contribution in [1.82, 2.24) is 9.97 Å². The molecular weight excluding hydrogens is 320 g/mol. The van der Waals surface area contributed by atoms with Gasteiger partial charge in [0.05, 0.1) is 10.7 Å². The number of aromatic nitrogens is 2. The molecule has 2 aromatic heterocycles. The molecule has 0 aliphatic heterocycles. The number of anilines is 1. The first-order valence-corrected chi connectivity index (χ1v) is 8.09. The SMILES string of the molecule is C=C(Nc1ncccc1C)C1=CC(c2ncccc2Cl)=CC(N)C1. The highest BCUT2D eigenvalue weighted by Crippen LogP contribution is 2.31. The fourth-order valence-electron chi connectivity index (χ4n) is 2.63. The van der Waals surface area contributed by atoms with Gasteiger partial charge in [-0.3, -0.25) is 4.98 Å². The van der Waals surface area contributed by atoms with Gasteiger partial charge in [0.1, 0.15) is 5.82 Å². The lowest BCUT2D eigenvalue weighted by atomic mass is 9.92. The summed E-state index contributed by atoms with van der Waals surface area (Å²) in [6, 6.07) is 7.43. The average Bonchev–Trinajstić information content (AvgIpc) is 2.57. The number of aryl methyl sites for hydroxylation is 1. The lowest BCUT2D eigenvalue weighted by molar-refractivity contribution is 0.798. The van der Waals surface area contributed by atoms with Crippen LogP contribution in [-0.2, 0) is 0 Å². The van der Waals surface area contributed by atoms with Gasteiger partial charge in [-0.15, -0.1) is 0 Å². The minimum atomic E-state index is -0.110. The Labute approximate surface area is 146 Å². The fraction of sp³-hybridized carbons (Fsp3) is 0.158. The first-order chi connectivity index (χ1) is 11.5. The molecular formula is C19H19ClN4. The lowest BCUT2D eigenvalue weighted by Gasteiger charge is -2.21. The summed E-state index contributed by atoms with van der Waals surface area (Å²) in [6.07, 6.45) is 8.19. The van der Waals surface area contributed by atoms with E-state index < -0.39 is 0 Å². The third-order valence-electron chi connectivity index (χ3n) is 3.88. The van der Waals surface area contributed by atoms with E-state index in [2.05, 4.69) is 21.9 Å².